The summed E-state index contributed by atoms with van der Waals surface area (Å²) in [6.45, 7) is 0. The lowest BCUT2D eigenvalue weighted by Crippen LogP contribution is -2.38. The van der Waals surface area contributed by atoms with Gasteiger partial charge in [0.1, 0.15) is 0 Å². The summed E-state index contributed by atoms with van der Waals surface area (Å²) in [6.07, 6.45) is 3.68. The molecule has 4 heteroatoms. The van der Waals surface area contributed by atoms with Gasteiger partial charge in [-0.25, -0.2) is 0 Å². The number of carbonyl (C=O) groups is 1. The summed E-state index contributed by atoms with van der Waals surface area (Å²) >= 11 is 7.06. The van der Waals surface area contributed by atoms with Crippen molar-refractivity contribution in [3.05, 3.63) is 0 Å². The van der Waals surface area contributed by atoms with Crippen molar-refractivity contribution in [2.45, 2.75) is 28.9 Å². The highest BCUT2D eigenvalue weighted by atomic mass is 79.9. The van der Waals surface area contributed by atoms with Crippen LogP contribution in [0.4, 0.5) is 0 Å². The van der Waals surface area contributed by atoms with Crippen LogP contribution in [-0.2, 0) is 4.79 Å². The molecule has 2 bridgehead atoms. The first-order valence-electron chi connectivity index (χ1n) is 4.12. The highest BCUT2D eigenvalue weighted by Crippen LogP contribution is 2.67. The smallest absolute Gasteiger partial charge is 0.311 e. The fraction of sp³-hybridized carbons (Fsp3) is 0.875. The second-order valence-corrected chi connectivity index (χ2v) is 7.35. The van der Waals surface area contributed by atoms with Crippen LogP contribution in [-0.4, -0.2) is 14.3 Å². The maximum Gasteiger partial charge on any atom is 0.311 e. The number of carboxylic acids is 1. The molecular formula is C8H10Br2O2. The van der Waals surface area contributed by atoms with Crippen LogP contribution in [0.5, 0.6) is 0 Å². The van der Waals surface area contributed by atoms with E-state index in [2.05, 4.69) is 31.9 Å². The highest BCUT2D eigenvalue weighted by Gasteiger charge is 2.66. The Morgan fingerprint density at radius 2 is 1.83 bits per heavy atom. The summed E-state index contributed by atoms with van der Waals surface area (Å²) in [7, 11) is 0. The van der Waals surface area contributed by atoms with Crippen LogP contribution in [0.3, 0.4) is 0 Å². The van der Waals surface area contributed by atoms with Crippen molar-refractivity contribution in [3.63, 3.8) is 0 Å². The van der Waals surface area contributed by atoms with Gasteiger partial charge in [0.05, 0.1) is 8.65 Å². The number of halogens is 2. The maximum absolute atomic E-state index is 11.1. The lowest BCUT2D eigenvalue weighted by atomic mass is 9.84. The molecule has 12 heavy (non-hydrogen) atoms. The van der Waals surface area contributed by atoms with Gasteiger partial charge in [-0.3, -0.25) is 4.79 Å². The Morgan fingerprint density at radius 1 is 1.33 bits per heavy atom. The van der Waals surface area contributed by atoms with Crippen LogP contribution in [0, 0.1) is 11.3 Å². The molecule has 0 unspecified atom stereocenters. The van der Waals surface area contributed by atoms with E-state index in [1.165, 1.54) is 0 Å². The minimum absolute atomic E-state index is 0.334. The Kier molecular flexibility index (Phi) is 1.85. The van der Waals surface area contributed by atoms with E-state index in [0.717, 1.165) is 25.7 Å². The molecule has 68 valence electrons. The quantitative estimate of drug-likeness (QED) is 0.756. The van der Waals surface area contributed by atoms with Crippen LogP contribution in [0.1, 0.15) is 25.7 Å². The zero-order chi connectivity index (χ0) is 8.98. The minimum Gasteiger partial charge on any atom is -0.481 e. The first-order chi connectivity index (χ1) is 5.51. The molecule has 0 aliphatic heterocycles. The molecule has 0 spiro atoms. The Labute approximate surface area is 88.0 Å². The zero-order valence-electron chi connectivity index (χ0n) is 6.52. The molecular weight excluding hydrogens is 288 g/mol. The third kappa shape index (κ3) is 0.830. The zero-order valence-corrected chi connectivity index (χ0v) is 9.69. The second-order valence-electron chi connectivity index (χ2n) is 3.78. The average Bonchev–Trinajstić information content (AvgIpc) is 2.40. The van der Waals surface area contributed by atoms with Gasteiger partial charge in [-0.2, -0.15) is 0 Å². The van der Waals surface area contributed by atoms with E-state index >= 15 is 0 Å². The van der Waals surface area contributed by atoms with Crippen molar-refractivity contribution in [1.82, 2.24) is 0 Å². The van der Waals surface area contributed by atoms with Gasteiger partial charge in [0.25, 0.3) is 0 Å². The summed E-state index contributed by atoms with van der Waals surface area (Å²) in [5.41, 5.74) is -0.544. The average molecular weight is 298 g/mol. The molecule has 2 aliphatic rings. The van der Waals surface area contributed by atoms with Gasteiger partial charge in [-0.1, -0.05) is 31.9 Å². The van der Waals surface area contributed by atoms with Crippen LogP contribution >= 0.6 is 31.9 Å². The predicted octanol–water partition coefficient (Wildman–Crippen LogP) is 2.75. The molecule has 0 amide bonds. The van der Waals surface area contributed by atoms with E-state index in [9.17, 15) is 4.79 Å². The number of aliphatic carboxylic acids is 1. The number of carboxylic acid groups (broad SMARTS) is 1. The van der Waals surface area contributed by atoms with E-state index in [1.807, 2.05) is 0 Å². The van der Waals surface area contributed by atoms with Crippen LogP contribution in [0.25, 0.3) is 0 Å². The number of fused-ring (bicyclic) bond motifs is 2. The number of alkyl halides is 2. The van der Waals surface area contributed by atoms with Gasteiger partial charge in [-0.15, -0.1) is 0 Å². The van der Waals surface area contributed by atoms with Gasteiger partial charge in [0, 0.05) is 0 Å². The van der Waals surface area contributed by atoms with Gasteiger partial charge >= 0.3 is 5.97 Å². The molecule has 2 rings (SSSR count). The summed E-state index contributed by atoms with van der Waals surface area (Å²) < 4.78 is -0.334. The topological polar surface area (TPSA) is 37.3 Å². The van der Waals surface area contributed by atoms with Gasteiger partial charge in [0.15, 0.2) is 0 Å². The SMILES string of the molecule is O=C(O)C12CCC(CC1)C2(Br)Br. The monoisotopic (exact) mass is 296 g/mol. The fourth-order valence-electron chi connectivity index (χ4n) is 2.55. The Balaban J connectivity index is 2.43. The first kappa shape index (κ1) is 9.00. The first-order valence-corrected chi connectivity index (χ1v) is 5.70. The molecule has 1 N–H and O–H groups in total. The Morgan fingerprint density at radius 3 is 2.00 bits per heavy atom. The van der Waals surface area contributed by atoms with Crippen LogP contribution < -0.4 is 0 Å². The Bertz CT molecular complexity index is 229. The highest BCUT2D eigenvalue weighted by molar-refractivity contribution is 9.25. The molecule has 0 aromatic rings. The molecule has 0 saturated heterocycles. The van der Waals surface area contributed by atoms with E-state index < -0.39 is 11.4 Å². The number of hydrogen-bond acceptors (Lipinski definition) is 1. The van der Waals surface area contributed by atoms with Gasteiger partial charge in [0.2, 0.25) is 0 Å². The van der Waals surface area contributed by atoms with Crippen molar-refractivity contribution >= 4 is 37.8 Å². The minimum atomic E-state index is -0.656. The summed E-state index contributed by atoms with van der Waals surface area (Å²) in [4.78, 5) is 11.1. The Hall–Kier alpha value is 0.430. The maximum atomic E-state index is 11.1. The van der Waals surface area contributed by atoms with E-state index in [0.29, 0.717) is 5.92 Å². The lowest BCUT2D eigenvalue weighted by molar-refractivity contribution is -0.148. The normalized spacial score (nSPS) is 43.3. The van der Waals surface area contributed by atoms with Crippen molar-refractivity contribution in [1.29, 1.82) is 0 Å². The third-order valence-corrected chi connectivity index (χ3v) is 6.21. The molecule has 0 radical (unpaired) electrons. The molecule has 0 aromatic heterocycles. The van der Waals surface area contributed by atoms with Crippen LogP contribution in [0.2, 0.25) is 0 Å². The summed E-state index contributed by atoms with van der Waals surface area (Å²) in [6, 6.07) is 0. The predicted molar refractivity (Wildman–Crippen MR) is 52.6 cm³/mol. The second kappa shape index (κ2) is 2.47. The summed E-state index contributed by atoms with van der Waals surface area (Å²) in [5.74, 6) is -0.162. The lowest BCUT2D eigenvalue weighted by Gasteiger charge is -2.29. The third-order valence-electron chi connectivity index (χ3n) is 3.40. The molecule has 0 heterocycles. The number of rotatable bonds is 1. The molecule has 2 aliphatic carbocycles. The van der Waals surface area contributed by atoms with Gasteiger partial charge < -0.3 is 5.11 Å². The molecule has 2 fully saturated rings. The van der Waals surface area contributed by atoms with E-state index in [4.69, 9.17) is 5.11 Å². The molecule has 0 atom stereocenters. The largest absolute Gasteiger partial charge is 0.481 e. The fourth-order valence-corrected chi connectivity index (χ4v) is 4.60. The summed E-state index contributed by atoms with van der Waals surface area (Å²) in [5, 5.41) is 9.17. The molecule has 0 aromatic carbocycles. The van der Waals surface area contributed by atoms with Gasteiger partial charge in [-0.05, 0) is 31.6 Å². The van der Waals surface area contributed by atoms with Crippen molar-refractivity contribution in [2.24, 2.45) is 11.3 Å². The van der Waals surface area contributed by atoms with E-state index in [-0.39, 0.29) is 3.23 Å². The van der Waals surface area contributed by atoms with E-state index in [1.54, 1.807) is 0 Å². The van der Waals surface area contributed by atoms with Crippen LogP contribution in [0.15, 0.2) is 0 Å². The van der Waals surface area contributed by atoms with Crippen molar-refractivity contribution < 1.29 is 9.90 Å². The standard InChI is InChI=1S/C8H10Br2O2/c9-8(10)5-1-3-7(8,4-2-5)6(11)12/h5H,1-4H2,(H,11,12). The number of hydrogen-bond donors (Lipinski definition) is 1. The molecule has 2 nitrogen and oxygen atoms in total. The van der Waals surface area contributed by atoms with Crippen molar-refractivity contribution in [2.75, 3.05) is 0 Å². The van der Waals surface area contributed by atoms with Crippen molar-refractivity contribution in [3.8, 4) is 0 Å². The molecule has 2 saturated carbocycles.